The maximum Gasteiger partial charge on any atom is 0.224 e. The highest BCUT2D eigenvalue weighted by Crippen LogP contribution is 2.19. The second-order valence-electron chi connectivity index (χ2n) is 7.16. The molecule has 2 aliphatic rings. The van der Waals surface area contributed by atoms with E-state index in [1.807, 2.05) is 23.1 Å². The van der Waals surface area contributed by atoms with E-state index < -0.39 is 0 Å². The van der Waals surface area contributed by atoms with Crippen LogP contribution in [0.1, 0.15) is 31.2 Å². The number of phenols is 1. The van der Waals surface area contributed by atoms with Gasteiger partial charge in [0.2, 0.25) is 5.91 Å². The van der Waals surface area contributed by atoms with Gasteiger partial charge in [-0.25, -0.2) is 0 Å². The predicted molar refractivity (Wildman–Crippen MR) is 94.8 cm³/mol. The van der Waals surface area contributed by atoms with Crippen molar-refractivity contribution in [1.82, 2.24) is 14.7 Å². The normalized spacial score (nSPS) is 23.4. The van der Waals surface area contributed by atoms with Crippen molar-refractivity contribution in [3.8, 4) is 5.75 Å². The van der Waals surface area contributed by atoms with Crippen LogP contribution in [0.4, 0.5) is 0 Å². The van der Waals surface area contributed by atoms with Gasteiger partial charge in [-0.3, -0.25) is 9.69 Å². The number of piperazine rings is 1. The lowest BCUT2D eigenvalue weighted by Crippen LogP contribution is -2.50. The van der Waals surface area contributed by atoms with Crippen LogP contribution in [0, 0.1) is 0 Å². The van der Waals surface area contributed by atoms with Gasteiger partial charge >= 0.3 is 0 Å². The molecule has 24 heavy (non-hydrogen) atoms. The number of phenolic OH excluding ortho intramolecular Hbond substituents is 1. The van der Waals surface area contributed by atoms with E-state index in [0.29, 0.717) is 24.1 Å². The molecule has 2 fully saturated rings. The van der Waals surface area contributed by atoms with E-state index in [2.05, 4.69) is 16.8 Å². The molecule has 132 valence electrons. The molecule has 1 aromatic rings. The first-order valence-electron chi connectivity index (χ1n) is 9.10. The highest BCUT2D eigenvalue weighted by molar-refractivity contribution is 5.77. The Morgan fingerprint density at radius 1 is 1.17 bits per heavy atom. The molecule has 2 saturated heterocycles. The van der Waals surface area contributed by atoms with Crippen molar-refractivity contribution in [3.63, 3.8) is 0 Å². The molecule has 0 saturated carbocycles. The summed E-state index contributed by atoms with van der Waals surface area (Å²) in [5.41, 5.74) is 1.12. The number of hydrogen-bond acceptors (Lipinski definition) is 4. The maximum absolute atomic E-state index is 12.6. The average molecular weight is 331 g/mol. The summed E-state index contributed by atoms with van der Waals surface area (Å²) in [6.07, 6.45) is 4.33. The van der Waals surface area contributed by atoms with Crippen LogP contribution in [0.5, 0.6) is 5.75 Å². The number of nitrogens with zero attached hydrogens (tertiary/aromatic N) is 3. The highest BCUT2D eigenvalue weighted by atomic mass is 16.3. The van der Waals surface area contributed by atoms with Gasteiger partial charge in [0.25, 0.3) is 0 Å². The number of amides is 1. The third-order valence-electron chi connectivity index (χ3n) is 5.37. The second kappa shape index (κ2) is 7.99. The molecule has 2 aliphatic heterocycles. The van der Waals surface area contributed by atoms with Crippen LogP contribution < -0.4 is 0 Å². The fraction of sp³-hybridized carbons (Fsp3) is 0.632. The van der Waals surface area contributed by atoms with E-state index in [4.69, 9.17) is 0 Å². The number of rotatable bonds is 4. The van der Waals surface area contributed by atoms with Crippen LogP contribution in [0.15, 0.2) is 24.3 Å². The quantitative estimate of drug-likeness (QED) is 0.916. The highest BCUT2D eigenvalue weighted by Gasteiger charge is 2.26. The van der Waals surface area contributed by atoms with Crippen LogP contribution in [-0.4, -0.2) is 71.5 Å². The SMILES string of the molecule is CN1CCCCC1CC(=O)N1CCN(Cc2cccc(O)c2)CC1. The summed E-state index contributed by atoms with van der Waals surface area (Å²) < 4.78 is 0. The monoisotopic (exact) mass is 331 g/mol. The minimum atomic E-state index is 0.311. The molecular formula is C19H29N3O2. The molecule has 5 heteroatoms. The number of piperidine rings is 1. The molecule has 2 heterocycles. The standard InChI is InChI=1S/C19H29N3O2/c1-20-8-3-2-6-17(20)14-19(24)22-11-9-21(10-12-22)15-16-5-4-7-18(23)13-16/h4-5,7,13,17,23H,2-3,6,8-12,14-15H2,1H3. The molecule has 0 bridgehead atoms. The number of carbonyl (C=O) groups is 1. The van der Waals surface area contributed by atoms with Gasteiger partial charge in [0.15, 0.2) is 0 Å². The zero-order valence-electron chi connectivity index (χ0n) is 14.7. The van der Waals surface area contributed by atoms with E-state index >= 15 is 0 Å². The van der Waals surface area contributed by atoms with Crippen molar-refractivity contribution in [2.45, 2.75) is 38.3 Å². The zero-order valence-corrected chi connectivity index (χ0v) is 14.7. The summed E-state index contributed by atoms with van der Waals surface area (Å²) in [4.78, 5) is 19.3. The van der Waals surface area contributed by atoms with E-state index in [1.165, 1.54) is 12.8 Å². The molecular weight excluding hydrogens is 302 g/mol. The molecule has 5 nitrogen and oxygen atoms in total. The molecule has 1 N–H and O–H groups in total. The molecule has 0 radical (unpaired) electrons. The minimum absolute atomic E-state index is 0.311. The van der Waals surface area contributed by atoms with Gasteiger partial charge in [0, 0.05) is 45.2 Å². The van der Waals surface area contributed by atoms with Crippen LogP contribution >= 0.6 is 0 Å². The maximum atomic E-state index is 12.6. The Hall–Kier alpha value is -1.59. The molecule has 1 atom stereocenters. The number of benzene rings is 1. The summed E-state index contributed by atoms with van der Waals surface area (Å²) in [6.45, 7) is 5.39. The number of hydrogen-bond donors (Lipinski definition) is 1. The summed E-state index contributed by atoms with van der Waals surface area (Å²) >= 11 is 0. The molecule has 1 aromatic carbocycles. The molecule has 0 aliphatic carbocycles. The van der Waals surface area contributed by atoms with Crippen LogP contribution in [0.3, 0.4) is 0 Å². The van der Waals surface area contributed by atoms with Gasteiger partial charge in [0.05, 0.1) is 0 Å². The molecule has 0 aromatic heterocycles. The lowest BCUT2D eigenvalue weighted by atomic mass is 9.99. The Bertz CT molecular complexity index is 555. The Labute approximate surface area is 144 Å². The van der Waals surface area contributed by atoms with Crippen molar-refractivity contribution >= 4 is 5.91 Å². The van der Waals surface area contributed by atoms with Gasteiger partial charge in [-0.05, 0) is 44.1 Å². The summed E-state index contributed by atoms with van der Waals surface area (Å²) in [7, 11) is 2.14. The van der Waals surface area contributed by atoms with Crippen molar-refractivity contribution in [3.05, 3.63) is 29.8 Å². The van der Waals surface area contributed by atoms with E-state index in [9.17, 15) is 9.90 Å². The lowest BCUT2D eigenvalue weighted by Gasteiger charge is -2.37. The smallest absolute Gasteiger partial charge is 0.224 e. The summed E-state index contributed by atoms with van der Waals surface area (Å²) in [6, 6.07) is 7.86. The largest absolute Gasteiger partial charge is 0.508 e. The van der Waals surface area contributed by atoms with Crippen molar-refractivity contribution in [1.29, 1.82) is 0 Å². The Morgan fingerprint density at radius 3 is 2.67 bits per heavy atom. The fourth-order valence-corrected chi connectivity index (χ4v) is 3.80. The van der Waals surface area contributed by atoms with E-state index in [-0.39, 0.29) is 0 Å². The van der Waals surface area contributed by atoms with E-state index in [1.54, 1.807) is 6.07 Å². The molecule has 1 unspecified atom stereocenters. The minimum Gasteiger partial charge on any atom is -0.508 e. The number of carbonyl (C=O) groups excluding carboxylic acids is 1. The molecule has 1 amide bonds. The Balaban J connectivity index is 1.45. The van der Waals surface area contributed by atoms with Gasteiger partial charge in [0.1, 0.15) is 5.75 Å². The van der Waals surface area contributed by atoms with Gasteiger partial charge in [-0.15, -0.1) is 0 Å². The third kappa shape index (κ3) is 4.48. The third-order valence-corrected chi connectivity index (χ3v) is 5.37. The first kappa shape index (κ1) is 17.2. The second-order valence-corrected chi connectivity index (χ2v) is 7.16. The first-order chi connectivity index (χ1) is 11.6. The summed E-state index contributed by atoms with van der Waals surface area (Å²) in [5, 5.41) is 9.56. The Morgan fingerprint density at radius 2 is 1.96 bits per heavy atom. The fourth-order valence-electron chi connectivity index (χ4n) is 3.80. The first-order valence-corrected chi connectivity index (χ1v) is 9.10. The van der Waals surface area contributed by atoms with Crippen LogP contribution in [0.2, 0.25) is 0 Å². The van der Waals surface area contributed by atoms with Gasteiger partial charge in [-0.1, -0.05) is 18.6 Å². The topological polar surface area (TPSA) is 47.0 Å². The number of aromatic hydroxyl groups is 1. The predicted octanol–water partition coefficient (Wildman–Crippen LogP) is 1.91. The average Bonchev–Trinajstić information content (AvgIpc) is 2.57. The Kier molecular flexibility index (Phi) is 5.74. The van der Waals surface area contributed by atoms with Gasteiger partial charge < -0.3 is 14.9 Å². The van der Waals surface area contributed by atoms with Gasteiger partial charge in [-0.2, -0.15) is 0 Å². The van der Waals surface area contributed by atoms with Crippen molar-refractivity contribution in [2.75, 3.05) is 39.8 Å². The van der Waals surface area contributed by atoms with Crippen LogP contribution in [-0.2, 0) is 11.3 Å². The lowest BCUT2D eigenvalue weighted by molar-refractivity contribution is -0.134. The van der Waals surface area contributed by atoms with Crippen molar-refractivity contribution in [2.24, 2.45) is 0 Å². The van der Waals surface area contributed by atoms with Crippen LogP contribution in [0.25, 0.3) is 0 Å². The summed E-state index contributed by atoms with van der Waals surface area (Å²) in [5.74, 6) is 0.628. The van der Waals surface area contributed by atoms with Crippen molar-refractivity contribution < 1.29 is 9.90 Å². The zero-order chi connectivity index (χ0) is 16.9. The number of likely N-dealkylation sites (tertiary alicyclic amines) is 1. The molecule has 0 spiro atoms. The molecule has 3 rings (SSSR count). The van der Waals surface area contributed by atoms with E-state index in [0.717, 1.165) is 51.3 Å².